The Morgan fingerprint density at radius 1 is 1.40 bits per heavy atom. The van der Waals surface area contributed by atoms with Crippen molar-refractivity contribution in [1.29, 1.82) is 0 Å². The lowest BCUT2D eigenvalue weighted by Gasteiger charge is -2.06. The lowest BCUT2D eigenvalue weighted by atomic mass is 10.3. The molecule has 0 fully saturated rings. The topological polar surface area (TPSA) is 115 Å². The molecule has 0 unspecified atom stereocenters. The van der Waals surface area contributed by atoms with Gasteiger partial charge < -0.3 is 9.84 Å². The van der Waals surface area contributed by atoms with Gasteiger partial charge in [0.1, 0.15) is 4.47 Å². The smallest absolute Gasteiger partial charge is 0.354 e. The van der Waals surface area contributed by atoms with Gasteiger partial charge in [0.15, 0.2) is 11.4 Å². The zero-order chi connectivity index (χ0) is 14.7. The number of halogens is 1. The molecule has 0 bridgehead atoms. The van der Waals surface area contributed by atoms with Crippen LogP contribution in [0.2, 0.25) is 0 Å². The first-order valence-corrected chi connectivity index (χ1v) is 5.95. The maximum absolute atomic E-state index is 10.8. The van der Waals surface area contributed by atoms with E-state index >= 15 is 0 Å². The number of nitro benzene ring substituents is 1. The van der Waals surface area contributed by atoms with Gasteiger partial charge in [-0.25, -0.2) is 9.78 Å². The monoisotopic (exact) mass is 339 g/mol. The number of carboxylic acids is 1. The summed E-state index contributed by atoms with van der Waals surface area (Å²) in [4.78, 5) is 28.4. The number of benzene rings is 1. The lowest BCUT2D eigenvalue weighted by Crippen LogP contribution is -2.02. The van der Waals surface area contributed by atoms with E-state index in [1.807, 2.05) is 0 Å². The van der Waals surface area contributed by atoms with Crippen LogP contribution in [-0.2, 0) is 0 Å². The van der Waals surface area contributed by atoms with Gasteiger partial charge in [0.25, 0.3) is 5.69 Å². The molecule has 8 nitrogen and oxygen atoms in total. The fraction of sp³-hybridized carbons (Fsp3) is 0. The minimum absolute atomic E-state index is 0.113. The first-order valence-electron chi connectivity index (χ1n) is 5.16. The van der Waals surface area contributed by atoms with E-state index in [0.717, 1.165) is 0 Å². The van der Waals surface area contributed by atoms with Crippen molar-refractivity contribution < 1.29 is 19.6 Å². The molecule has 0 amide bonds. The fourth-order valence-corrected chi connectivity index (χ4v) is 1.82. The summed E-state index contributed by atoms with van der Waals surface area (Å²) in [6.45, 7) is 0. The molecule has 2 aromatic rings. The number of hydrogen-bond donors (Lipinski definition) is 1. The van der Waals surface area contributed by atoms with Crippen LogP contribution >= 0.6 is 15.9 Å². The van der Waals surface area contributed by atoms with Crippen LogP contribution in [0.1, 0.15) is 10.5 Å². The third kappa shape index (κ3) is 2.88. The summed E-state index contributed by atoms with van der Waals surface area (Å²) in [5.41, 5.74) is -0.423. The second-order valence-corrected chi connectivity index (χ2v) is 4.27. The van der Waals surface area contributed by atoms with Gasteiger partial charge in [-0.3, -0.25) is 10.1 Å². The molecule has 1 N–H and O–H groups in total. The predicted molar refractivity (Wildman–Crippen MR) is 69.9 cm³/mol. The summed E-state index contributed by atoms with van der Waals surface area (Å²) >= 11 is 3.05. The molecule has 0 saturated carbocycles. The minimum Gasteiger partial charge on any atom is -0.477 e. The SMILES string of the molecule is O=C(O)c1ccnc(Oc2cccc([N+](=O)[O-])c2Br)n1. The number of carboxylic acid groups (broad SMARTS) is 1. The summed E-state index contributed by atoms with van der Waals surface area (Å²) in [5, 5.41) is 19.6. The van der Waals surface area contributed by atoms with Crippen molar-refractivity contribution in [2.24, 2.45) is 0 Å². The van der Waals surface area contributed by atoms with E-state index in [1.165, 1.54) is 30.5 Å². The Kier molecular flexibility index (Phi) is 3.89. The largest absolute Gasteiger partial charge is 0.477 e. The van der Waals surface area contributed by atoms with Gasteiger partial charge in [0.05, 0.1) is 4.92 Å². The van der Waals surface area contributed by atoms with E-state index in [0.29, 0.717) is 0 Å². The zero-order valence-corrected chi connectivity index (χ0v) is 11.3. The van der Waals surface area contributed by atoms with Crippen molar-refractivity contribution in [1.82, 2.24) is 9.97 Å². The molecule has 2 rings (SSSR count). The van der Waals surface area contributed by atoms with Crippen LogP contribution in [0.15, 0.2) is 34.9 Å². The molecule has 1 aromatic carbocycles. The van der Waals surface area contributed by atoms with Crippen LogP contribution in [0.25, 0.3) is 0 Å². The van der Waals surface area contributed by atoms with Gasteiger partial charge in [-0.2, -0.15) is 4.98 Å². The van der Waals surface area contributed by atoms with Crippen LogP contribution in [-0.4, -0.2) is 26.0 Å². The van der Waals surface area contributed by atoms with Crippen molar-refractivity contribution in [2.45, 2.75) is 0 Å². The minimum atomic E-state index is -1.23. The Hall–Kier alpha value is -2.55. The van der Waals surface area contributed by atoms with Crippen molar-refractivity contribution in [2.75, 3.05) is 0 Å². The Morgan fingerprint density at radius 3 is 2.80 bits per heavy atom. The van der Waals surface area contributed by atoms with Gasteiger partial charge in [-0.15, -0.1) is 0 Å². The Morgan fingerprint density at radius 2 is 2.15 bits per heavy atom. The third-order valence-electron chi connectivity index (χ3n) is 2.19. The molecule has 0 aliphatic carbocycles. The van der Waals surface area contributed by atoms with Crippen molar-refractivity contribution in [3.63, 3.8) is 0 Å². The maximum Gasteiger partial charge on any atom is 0.354 e. The van der Waals surface area contributed by atoms with Gasteiger partial charge in [0.2, 0.25) is 0 Å². The van der Waals surface area contributed by atoms with Gasteiger partial charge in [-0.05, 0) is 28.1 Å². The second-order valence-electron chi connectivity index (χ2n) is 3.48. The summed E-state index contributed by atoms with van der Waals surface area (Å²) in [6.07, 6.45) is 1.22. The number of nitrogens with zero attached hydrogens (tertiary/aromatic N) is 3. The summed E-state index contributed by atoms with van der Waals surface area (Å²) in [7, 11) is 0. The molecule has 0 aliphatic heterocycles. The predicted octanol–water partition coefficient (Wildman–Crippen LogP) is 2.64. The number of aromatic nitrogens is 2. The Bertz CT molecular complexity index is 692. The molecule has 0 saturated heterocycles. The van der Waals surface area contributed by atoms with Crippen LogP contribution in [0.5, 0.6) is 11.8 Å². The highest BCUT2D eigenvalue weighted by molar-refractivity contribution is 9.10. The number of rotatable bonds is 4. The van der Waals surface area contributed by atoms with E-state index in [2.05, 4.69) is 25.9 Å². The maximum atomic E-state index is 10.8. The second kappa shape index (κ2) is 5.61. The zero-order valence-electron chi connectivity index (χ0n) is 9.69. The van der Waals surface area contributed by atoms with E-state index in [4.69, 9.17) is 9.84 Å². The molecule has 9 heteroatoms. The Labute approximate surface area is 120 Å². The molecule has 0 atom stereocenters. The molecular weight excluding hydrogens is 334 g/mol. The molecule has 20 heavy (non-hydrogen) atoms. The molecule has 0 radical (unpaired) electrons. The Balaban J connectivity index is 2.35. The normalized spacial score (nSPS) is 10.1. The van der Waals surface area contributed by atoms with Crippen LogP contribution in [0, 0.1) is 10.1 Å². The van der Waals surface area contributed by atoms with Gasteiger partial charge in [0, 0.05) is 12.3 Å². The number of ether oxygens (including phenoxy) is 1. The number of hydrogen-bond acceptors (Lipinski definition) is 6. The third-order valence-corrected chi connectivity index (χ3v) is 2.99. The standard InChI is InChI=1S/C11H6BrN3O5/c12-9-7(15(18)19)2-1-3-8(9)20-11-13-5-4-6(14-11)10(16)17/h1-5H,(H,16,17). The van der Waals surface area contributed by atoms with Crippen LogP contribution in [0.4, 0.5) is 5.69 Å². The van der Waals surface area contributed by atoms with Gasteiger partial charge >= 0.3 is 12.0 Å². The molecule has 0 aliphatic rings. The number of aromatic carboxylic acids is 1. The fourth-order valence-electron chi connectivity index (χ4n) is 1.33. The molecule has 102 valence electrons. The van der Waals surface area contributed by atoms with Crippen LogP contribution < -0.4 is 4.74 Å². The highest BCUT2D eigenvalue weighted by atomic mass is 79.9. The quantitative estimate of drug-likeness (QED) is 0.672. The van der Waals surface area contributed by atoms with Crippen LogP contribution in [0.3, 0.4) is 0 Å². The van der Waals surface area contributed by atoms with Gasteiger partial charge in [-0.1, -0.05) is 6.07 Å². The van der Waals surface area contributed by atoms with Crippen molar-refractivity contribution >= 4 is 27.6 Å². The van der Waals surface area contributed by atoms with E-state index in [1.54, 1.807) is 0 Å². The molecule has 1 heterocycles. The number of carbonyl (C=O) groups is 1. The van der Waals surface area contributed by atoms with E-state index in [9.17, 15) is 14.9 Å². The van der Waals surface area contributed by atoms with E-state index < -0.39 is 10.9 Å². The summed E-state index contributed by atoms with van der Waals surface area (Å²) in [5.74, 6) is -1.11. The average Bonchev–Trinajstić information content (AvgIpc) is 2.41. The van der Waals surface area contributed by atoms with Crippen molar-refractivity contribution in [3.05, 3.63) is 50.7 Å². The lowest BCUT2D eigenvalue weighted by molar-refractivity contribution is -0.385. The number of nitro groups is 1. The molecule has 0 spiro atoms. The van der Waals surface area contributed by atoms with Crippen molar-refractivity contribution in [3.8, 4) is 11.8 Å². The van der Waals surface area contributed by atoms with E-state index in [-0.39, 0.29) is 27.6 Å². The summed E-state index contributed by atoms with van der Waals surface area (Å²) < 4.78 is 5.37. The highest BCUT2D eigenvalue weighted by Gasteiger charge is 2.17. The molecule has 1 aromatic heterocycles. The first-order chi connectivity index (χ1) is 9.49. The average molecular weight is 340 g/mol. The highest BCUT2D eigenvalue weighted by Crippen LogP contribution is 2.35. The molecular formula is C11H6BrN3O5. The first kappa shape index (κ1) is 13.9. The summed E-state index contributed by atoms with van der Waals surface area (Å²) in [6, 6.07) is 5.18.